The van der Waals surface area contributed by atoms with Crippen LogP contribution in [-0.2, 0) is 20.5 Å². The van der Waals surface area contributed by atoms with Crippen molar-refractivity contribution in [2.24, 2.45) is 11.8 Å². The van der Waals surface area contributed by atoms with E-state index in [0.29, 0.717) is 6.07 Å². The van der Waals surface area contributed by atoms with Crippen molar-refractivity contribution in [3.63, 3.8) is 0 Å². The van der Waals surface area contributed by atoms with Gasteiger partial charge >= 0.3 is 6.18 Å². The highest BCUT2D eigenvalue weighted by atomic mass is 19.4. The minimum atomic E-state index is -4.77. The summed E-state index contributed by atoms with van der Waals surface area (Å²) in [6.45, 7) is 3.38. The Morgan fingerprint density at radius 2 is 1.65 bits per heavy atom. The molecule has 3 heterocycles. The van der Waals surface area contributed by atoms with E-state index < -0.39 is 52.2 Å². The van der Waals surface area contributed by atoms with E-state index in [2.05, 4.69) is 0 Å². The SMILES string of the molecule is CC12C=CC(C)(O1)[C@H]1C(=O)N(c3ccc(C#N)c(C(F)(F)F)c3)C(=O)[C@H]12. The molecule has 2 amide bonds. The number of nitriles is 1. The lowest BCUT2D eigenvalue weighted by molar-refractivity contribution is -0.138. The van der Waals surface area contributed by atoms with Crippen LogP contribution < -0.4 is 4.90 Å². The van der Waals surface area contributed by atoms with Gasteiger partial charge in [0.2, 0.25) is 11.8 Å². The summed E-state index contributed by atoms with van der Waals surface area (Å²) >= 11 is 0. The Bertz CT molecular complexity index is 897. The first-order valence-corrected chi connectivity index (χ1v) is 7.91. The van der Waals surface area contributed by atoms with Crippen molar-refractivity contribution in [1.29, 1.82) is 5.26 Å². The average Bonchev–Trinajstić information content (AvgIpc) is 3.10. The molecule has 0 spiro atoms. The lowest BCUT2D eigenvalue weighted by Gasteiger charge is -2.25. The number of imide groups is 1. The molecule has 0 aliphatic carbocycles. The first-order chi connectivity index (χ1) is 12.0. The molecular weight excluding hydrogens is 349 g/mol. The van der Waals surface area contributed by atoms with Crippen LogP contribution in [0.25, 0.3) is 0 Å². The summed E-state index contributed by atoms with van der Waals surface area (Å²) in [4.78, 5) is 26.6. The van der Waals surface area contributed by atoms with Gasteiger partial charge < -0.3 is 4.74 Å². The molecule has 0 aromatic heterocycles. The molecule has 3 aliphatic heterocycles. The number of amides is 2. The van der Waals surface area contributed by atoms with Crippen LogP contribution in [0.5, 0.6) is 0 Å². The molecule has 4 atom stereocenters. The number of benzene rings is 1. The van der Waals surface area contributed by atoms with E-state index in [-0.39, 0.29) is 5.69 Å². The highest BCUT2D eigenvalue weighted by Crippen LogP contribution is 2.57. The van der Waals surface area contributed by atoms with E-state index in [9.17, 15) is 22.8 Å². The van der Waals surface area contributed by atoms with Gasteiger partial charge in [-0.25, -0.2) is 4.90 Å². The second-order valence-electron chi connectivity index (χ2n) is 7.11. The Kier molecular flexibility index (Phi) is 3.06. The first-order valence-electron chi connectivity index (χ1n) is 7.91. The van der Waals surface area contributed by atoms with E-state index in [0.717, 1.165) is 11.0 Å². The molecule has 134 valence electrons. The van der Waals surface area contributed by atoms with Crippen LogP contribution in [-0.4, -0.2) is 23.0 Å². The Morgan fingerprint density at radius 1 is 1.12 bits per heavy atom. The van der Waals surface area contributed by atoms with Crippen LogP contribution in [0.4, 0.5) is 18.9 Å². The lowest BCUT2D eigenvalue weighted by atomic mass is 9.73. The van der Waals surface area contributed by atoms with Crippen LogP contribution in [0.15, 0.2) is 30.4 Å². The zero-order valence-electron chi connectivity index (χ0n) is 13.8. The summed E-state index contributed by atoms with van der Waals surface area (Å²) < 4.78 is 45.5. The summed E-state index contributed by atoms with van der Waals surface area (Å²) in [7, 11) is 0. The average molecular weight is 362 g/mol. The van der Waals surface area contributed by atoms with E-state index in [1.165, 1.54) is 12.1 Å². The quantitative estimate of drug-likeness (QED) is 0.569. The van der Waals surface area contributed by atoms with Gasteiger partial charge in [-0.2, -0.15) is 18.4 Å². The van der Waals surface area contributed by atoms with Gasteiger partial charge in [-0.3, -0.25) is 9.59 Å². The smallest absolute Gasteiger partial charge is 0.359 e. The molecule has 2 unspecified atom stereocenters. The number of alkyl halides is 3. The Morgan fingerprint density at radius 3 is 2.12 bits per heavy atom. The number of ether oxygens (including phenoxy) is 1. The molecule has 26 heavy (non-hydrogen) atoms. The van der Waals surface area contributed by atoms with Crippen molar-refractivity contribution in [3.8, 4) is 6.07 Å². The third-order valence-corrected chi connectivity index (χ3v) is 5.41. The maximum Gasteiger partial charge on any atom is 0.417 e. The number of halogens is 3. The fourth-order valence-corrected chi connectivity index (χ4v) is 4.29. The van der Waals surface area contributed by atoms with Gasteiger partial charge in [-0.15, -0.1) is 0 Å². The zero-order valence-corrected chi connectivity index (χ0v) is 13.8. The molecule has 1 aromatic rings. The molecular formula is C18H13F3N2O3. The maximum absolute atomic E-state index is 13.2. The summed E-state index contributed by atoms with van der Waals surface area (Å²) in [5.41, 5.74) is -3.84. The van der Waals surface area contributed by atoms with Crippen LogP contribution in [0, 0.1) is 23.2 Å². The van der Waals surface area contributed by atoms with Crippen LogP contribution in [0.3, 0.4) is 0 Å². The number of nitrogens with zero attached hydrogens (tertiary/aromatic N) is 2. The topological polar surface area (TPSA) is 70.4 Å². The molecule has 5 nitrogen and oxygen atoms in total. The van der Waals surface area contributed by atoms with Crippen molar-refractivity contribution < 1.29 is 27.5 Å². The van der Waals surface area contributed by atoms with Crippen LogP contribution in [0.1, 0.15) is 25.0 Å². The number of fused-ring (bicyclic) bond motifs is 5. The van der Waals surface area contributed by atoms with Crippen molar-refractivity contribution in [2.75, 3.05) is 4.90 Å². The molecule has 4 rings (SSSR count). The van der Waals surface area contributed by atoms with Gasteiger partial charge in [0.25, 0.3) is 0 Å². The minimum absolute atomic E-state index is 0.188. The predicted octanol–water partition coefficient (Wildman–Crippen LogP) is 2.80. The van der Waals surface area contributed by atoms with E-state index >= 15 is 0 Å². The minimum Gasteiger partial charge on any atom is -0.359 e. The number of rotatable bonds is 1. The summed E-state index contributed by atoms with van der Waals surface area (Å²) in [6, 6.07) is 4.31. The largest absolute Gasteiger partial charge is 0.417 e. The number of carbonyl (C=O) groups is 2. The third-order valence-electron chi connectivity index (χ3n) is 5.41. The molecule has 8 heteroatoms. The molecule has 3 aliphatic rings. The van der Waals surface area contributed by atoms with Crippen LogP contribution in [0.2, 0.25) is 0 Å². The normalized spacial score (nSPS) is 35.2. The van der Waals surface area contributed by atoms with Crippen molar-refractivity contribution >= 4 is 17.5 Å². The van der Waals surface area contributed by atoms with Gasteiger partial charge in [0.1, 0.15) is 0 Å². The standard InChI is InChI=1S/C18H13F3N2O3/c1-16-5-6-17(2,26-16)13-12(16)14(24)23(15(13)25)10-4-3-9(8-22)11(7-10)18(19,20)21/h3-7,12-13H,1-2H3/t12-,13+,16?,17?. The van der Waals surface area contributed by atoms with Gasteiger partial charge in [0.05, 0.1) is 45.9 Å². The molecule has 0 radical (unpaired) electrons. The molecule has 2 fully saturated rings. The second kappa shape index (κ2) is 4.74. The van der Waals surface area contributed by atoms with E-state index in [1.807, 2.05) is 0 Å². The van der Waals surface area contributed by atoms with Gasteiger partial charge in [0, 0.05) is 0 Å². The van der Waals surface area contributed by atoms with Crippen LogP contribution >= 0.6 is 0 Å². The number of anilines is 1. The summed E-state index contributed by atoms with van der Waals surface area (Å²) in [5, 5.41) is 8.90. The number of hydrogen-bond acceptors (Lipinski definition) is 4. The van der Waals surface area contributed by atoms with Gasteiger partial charge in [0.15, 0.2) is 0 Å². The molecule has 1 aromatic carbocycles. The highest BCUT2D eigenvalue weighted by molar-refractivity contribution is 6.23. The molecule has 2 saturated heterocycles. The predicted molar refractivity (Wildman–Crippen MR) is 82.7 cm³/mol. The summed E-state index contributed by atoms with van der Waals surface area (Å²) in [5.74, 6) is -2.74. The first kappa shape index (κ1) is 16.8. The monoisotopic (exact) mass is 362 g/mol. The summed E-state index contributed by atoms with van der Waals surface area (Å²) in [6.07, 6.45) is -1.32. The lowest BCUT2D eigenvalue weighted by Crippen LogP contribution is -2.39. The fourth-order valence-electron chi connectivity index (χ4n) is 4.29. The number of carbonyl (C=O) groups excluding carboxylic acids is 2. The molecule has 0 N–H and O–H groups in total. The zero-order chi connectivity index (χ0) is 19.1. The third kappa shape index (κ3) is 1.95. The molecule has 2 bridgehead atoms. The van der Waals surface area contributed by atoms with Crippen molar-refractivity contribution in [3.05, 3.63) is 41.5 Å². The van der Waals surface area contributed by atoms with Crippen molar-refractivity contribution in [2.45, 2.75) is 31.2 Å². The van der Waals surface area contributed by atoms with Gasteiger partial charge in [-0.1, -0.05) is 12.2 Å². The van der Waals surface area contributed by atoms with Crippen molar-refractivity contribution in [1.82, 2.24) is 0 Å². The Balaban J connectivity index is 1.81. The molecule has 0 saturated carbocycles. The fraction of sp³-hybridized carbons (Fsp3) is 0.389. The Hall–Kier alpha value is -2.66. The van der Waals surface area contributed by atoms with E-state index in [1.54, 1.807) is 26.0 Å². The van der Waals surface area contributed by atoms with Gasteiger partial charge in [-0.05, 0) is 32.0 Å². The second-order valence-corrected chi connectivity index (χ2v) is 7.11. The Labute approximate surface area is 146 Å². The maximum atomic E-state index is 13.2. The number of hydrogen-bond donors (Lipinski definition) is 0. The van der Waals surface area contributed by atoms with E-state index in [4.69, 9.17) is 10.00 Å². The highest BCUT2D eigenvalue weighted by Gasteiger charge is 2.70.